The van der Waals surface area contributed by atoms with Gasteiger partial charge in [0.1, 0.15) is 6.61 Å². The lowest BCUT2D eigenvalue weighted by atomic mass is 10.1. The van der Waals surface area contributed by atoms with Crippen molar-refractivity contribution >= 4 is 10.8 Å². The monoisotopic (exact) mass is 199 g/mol. The minimum Gasteiger partial charge on any atom is -0.384 e. The minimum absolute atomic E-state index is 0.130. The first kappa shape index (κ1) is 9.50. The highest BCUT2D eigenvalue weighted by atomic mass is 16.2. The molecule has 1 aromatic carbocycles. The number of benzene rings is 1. The van der Waals surface area contributed by atoms with E-state index in [1.54, 1.807) is 6.20 Å². The van der Waals surface area contributed by atoms with Crippen molar-refractivity contribution in [2.75, 3.05) is 6.61 Å². The molecule has 15 heavy (non-hydrogen) atoms. The summed E-state index contributed by atoms with van der Waals surface area (Å²) in [5.41, 5.74) is 0.664. The second kappa shape index (κ2) is 3.99. The molecule has 0 aliphatic carbocycles. The Morgan fingerprint density at radius 3 is 2.93 bits per heavy atom. The van der Waals surface area contributed by atoms with Gasteiger partial charge >= 0.3 is 0 Å². The van der Waals surface area contributed by atoms with Gasteiger partial charge in [0.2, 0.25) is 5.56 Å². The maximum absolute atomic E-state index is 11.1. The Morgan fingerprint density at radius 1 is 1.27 bits per heavy atom. The van der Waals surface area contributed by atoms with Crippen molar-refractivity contribution in [1.82, 2.24) is 4.98 Å². The molecule has 0 fully saturated rings. The largest absolute Gasteiger partial charge is 0.384 e. The maximum atomic E-state index is 11.1. The zero-order valence-electron chi connectivity index (χ0n) is 7.95. The molecule has 3 nitrogen and oxygen atoms in total. The lowest BCUT2D eigenvalue weighted by Gasteiger charge is -1.96. The van der Waals surface area contributed by atoms with Gasteiger partial charge in [-0.15, -0.1) is 0 Å². The number of fused-ring (bicyclic) bond motifs is 1. The van der Waals surface area contributed by atoms with Gasteiger partial charge in [-0.3, -0.25) is 4.79 Å². The Morgan fingerprint density at radius 2 is 2.13 bits per heavy atom. The quantitative estimate of drug-likeness (QED) is 0.618. The van der Waals surface area contributed by atoms with E-state index in [1.165, 1.54) is 6.07 Å². The van der Waals surface area contributed by atoms with Crippen LogP contribution in [0, 0.1) is 11.8 Å². The Balaban J connectivity index is 2.59. The van der Waals surface area contributed by atoms with Crippen LogP contribution < -0.4 is 5.56 Å². The van der Waals surface area contributed by atoms with Gasteiger partial charge in [0, 0.05) is 17.8 Å². The first-order chi connectivity index (χ1) is 7.29. The highest BCUT2D eigenvalue weighted by Crippen LogP contribution is 2.12. The first-order valence-corrected chi connectivity index (χ1v) is 4.52. The van der Waals surface area contributed by atoms with Crippen LogP contribution in [0.4, 0.5) is 0 Å². The van der Waals surface area contributed by atoms with Gasteiger partial charge in [0.05, 0.1) is 0 Å². The highest BCUT2D eigenvalue weighted by Gasteiger charge is 1.94. The van der Waals surface area contributed by atoms with E-state index in [-0.39, 0.29) is 12.2 Å². The van der Waals surface area contributed by atoms with E-state index < -0.39 is 0 Å². The summed E-state index contributed by atoms with van der Waals surface area (Å²) >= 11 is 0. The van der Waals surface area contributed by atoms with Crippen LogP contribution in [0.3, 0.4) is 0 Å². The fourth-order valence-corrected chi connectivity index (χ4v) is 1.38. The molecular formula is C12H9NO2. The third-order valence-corrected chi connectivity index (χ3v) is 2.06. The summed E-state index contributed by atoms with van der Waals surface area (Å²) in [6, 6.07) is 7.09. The van der Waals surface area contributed by atoms with Crippen molar-refractivity contribution in [3.8, 4) is 11.8 Å². The molecule has 0 saturated carbocycles. The van der Waals surface area contributed by atoms with Crippen LogP contribution in [0.5, 0.6) is 0 Å². The molecule has 2 N–H and O–H groups in total. The van der Waals surface area contributed by atoms with Gasteiger partial charge in [0.25, 0.3) is 0 Å². The number of hydrogen-bond acceptors (Lipinski definition) is 2. The summed E-state index contributed by atoms with van der Waals surface area (Å²) < 4.78 is 0. The Kier molecular flexibility index (Phi) is 2.53. The predicted molar refractivity (Wildman–Crippen MR) is 58.5 cm³/mol. The number of nitrogens with one attached hydrogen (secondary N) is 1. The topological polar surface area (TPSA) is 53.1 Å². The van der Waals surface area contributed by atoms with Gasteiger partial charge in [-0.05, 0) is 22.9 Å². The molecule has 0 unspecified atom stereocenters. The van der Waals surface area contributed by atoms with E-state index in [2.05, 4.69) is 16.8 Å². The maximum Gasteiger partial charge on any atom is 0.248 e. The summed E-state index contributed by atoms with van der Waals surface area (Å²) in [6.45, 7) is -0.159. The zero-order chi connectivity index (χ0) is 10.7. The number of aliphatic hydroxyl groups is 1. The number of rotatable bonds is 0. The molecule has 0 atom stereocenters. The van der Waals surface area contributed by atoms with Crippen molar-refractivity contribution in [3.05, 3.63) is 46.4 Å². The van der Waals surface area contributed by atoms with Gasteiger partial charge < -0.3 is 10.1 Å². The third-order valence-electron chi connectivity index (χ3n) is 2.06. The van der Waals surface area contributed by atoms with Crippen LogP contribution in [-0.4, -0.2) is 16.7 Å². The van der Waals surface area contributed by atoms with Crippen molar-refractivity contribution < 1.29 is 5.11 Å². The summed E-state index contributed by atoms with van der Waals surface area (Å²) in [4.78, 5) is 13.7. The van der Waals surface area contributed by atoms with Gasteiger partial charge in [0.15, 0.2) is 0 Å². The van der Waals surface area contributed by atoms with Crippen molar-refractivity contribution in [2.45, 2.75) is 0 Å². The van der Waals surface area contributed by atoms with Crippen LogP contribution in [0.25, 0.3) is 10.8 Å². The SMILES string of the molecule is O=c1cc2cc(C#CCO)ccc2c[nH]1. The molecule has 0 radical (unpaired) electrons. The molecular weight excluding hydrogens is 190 g/mol. The van der Waals surface area contributed by atoms with Crippen LogP contribution in [0.1, 0.15) is 5.56 Å². The number of aromatic nitrogens is 1. The lowest BCUT2D eigenvalue weighted by molar-refractivity contribution is 0.350. The standard InChI is InChI=1S/C12H9NO2/c14-5-1-2-9-3-4-10-8-13-12(15)7-11(10)6-9/h3-4,6-8,14H,5H2,(H,13,15). The van der Waals surface area contributed by atoms with E-state index in [0.717, 1.165) is 16.3 Å². The minimum atomic E-state index is -0.159. The Bertz CT molecular complexity index is 602. The summed E-state index contributed by atoms with van der Waals surface area (Å²) in [7, 11) is 0. The molecule has 1 aromatic heterocycles. The van der Waals surface area contributed by atoms with E-state index >= 15 is 0 Å². The molecule has 0 saturated heterocycles. The number of aromatic amines is 1. The van der Waals surface area contributed by atoms with Crippen molar-refractivity contribution in [1.29, 1.82) is 0 Å². The molecule has 2 aromatic rings. The Labute approximate surface area is 86.4 Å². The molecule has 74 valence electrons. The van der Waals surface area contributed by atoms with Gasteiger partial charge in [-0.1, -0.05) is 17.9 Å². The molecule has 2 rings (SSSR count). The average molecular weight is 199 g/mol. The highest BCUT2D eigenvalue weighted by molar-refractivity contribution is 5.82. The van der Waals surface area contributed by atoms with Crippen molar-refractivity contribution in [2.24, 2.45) is 0 Å². The Hall–Kier alpha value is -2.05. The van der Waals surface area contributed by atoms with Crippen LogP contribution in [-0.2, 0) is 0 Å². The zero-order valence-corrected chi connectivity index (χ0v) is 7.95. The summed E-state index contributed by atoms with van der Waals surface area (Å²) in [6.07, 6.45) is 1.67. The summed E-state index contributed by atoms with van der Waals surface area (Å²) in [5.74, 6) is 5.36. The third kappa shape index (κ3) is 2.06. The number of H-pyrrole nitrogens is 1. The first-order valence-electron chi connectivity index (χ1n) is 4.52. The molecule has 0 bridgehead atoms. The fourth-order valence-electron chi connectivity index (χ4n) is 1.38. The molecule has 0 spiro atoms. The van der Waals surface area contributed by atoms with E-state index in [0.29, 0.717) is 0 Å². The van der Waals surface area contributed by atoms with Crippen LogP contribution >= 0.6 is 0 Å². The fraction of sp³-hybridized carbons (Fsp3) is 0.0833. The molecule has 0 amide bonds. The van der Waals surface area contributed by atoms with Gasteiger partial charge in [-0.25, -0.2) is 0 Å². The van der Waals surface area contributed by atoms with E-state index in [4.69, 9.17) is 5.11 Å². The molecule has 0 aliphatic heterocycles. The molecule has 1 heterocycles. The van der Waals surface area contributed by atoms with E-state index in [1.807, 2.05) is 18.2 Å². The van der Waals surface area contributed by atoms with Crippen LogP contribution in [0.15, 0.2) is 35.3 Å². The van der Waals surface area contributed by atoms with E-state index in [9.17, 15) is 4.79 Å². The predicted octanol–water partition coefficient (Wildman–Crippen LogP) is 0.872. The van der Waals surface area contributed by atoms with Crippen molar-refractivity contribution in [3.63, 3.8) is 0 Å². The lowest BCUT2D eigenvalue weighted by Crippen LogP contribution is -2.01. The molecule has 0 aliphatic rings. The van der Waals surface area contributed by atoms with Gasteiger partial charge in [-0.2, -0.15) is 0 Å². The number of pyridine rings is 1. The molecule has 3 heteroatoms. The summed E-state index contributed by atoms with van der Waals surface area (Å²) in [5, 5.41) is 10.4. The number of aliphatic hydroxyl groups excluding tert-OH is 1. The second-order valence-electron chi connectivity index (χ2n) is 3.10. The smallest absolute Gasteiger partial charge is 0.248 e. The number of hydrogen-bond donors (Lipinski definition) is 2. The second-order valence-corrected chi connectivity index (χ2v) is 3.10. The average Bonchev–Trinajstić information content (AvgIpc) is 2.25. The normalized spacial score (nSPS) is 9.67. The van der Waals surface area contributed by atoms with Crippen LogP contribution in [0.2, 0.25) is 0 Å².